The predicted molar refractivity (Wildman–Crippen MR) is 71.6 cm³/mol. The van der Waals surface area contributed by atoms with Gasteiger partial charge in [-0.25, -0.2) is 4.39 Å². The maximum absolute atomic E-state index is 13.2. The van der Waals surface area contributed by atoms with E-state index in [2.05, 4.69) is 0 Å². The summed E-state index contributed by atoms with van der Waals surface area (Å²) >= 11 is 0. The smallest absolute Gasteiger partial charge is 0.126 e. The number of fused-ring (bicyclic) bond motifs is 2. The van der Waals surface area contributed by atoms with E-state index in [0.29, 0.717) is 5.56 Å². The second-order valence-electron chi connectivity index (χ2n) is 6.29. The number of benzene rings is 1. The van der Waals surface area contributed by atoms with Gasteiger partial charge in [0.25, 0.3) is 0 Å². The number of hydrogen-bond acceptors (Lipinski definition) is 1. The number of aryl methyl sites for hydroxylation is 1. The summed E-state index contributed by atoms with van der Waals surface area (Å²) in [5.41, 5.74) is 8.10. The Morgan fingerprint density at radius 1 is 1.33 bits per heavy atom. The van der Waals surface area contributed by atoms with Crippen molar-refractivity contribution >= 4 is 0 Å². The molecule has 18 heavy (non-hydrogen) atoms. The number of rotatable bonds is 3. The van der Waals surface area contributed by atoms with Crippen molar-refractivity contribution in [3.8, 4) is 0 Å². The topological polar surface area (TPSA) is 26.0 Å². The van der Waals surface area contributed by atoms with Crippen molar-refractivity contribution in [1.82, 2.24) is 0 Å². The molecule has 2 N–H and O–H groups in total. The molecule has 1 aromatic rings. The van der Waals surface area contributed by atoms with Crippen molar-refractivity contribution in [3.63, 3.8) is 0 Å². The Morgan fingerprint density at radius 3 is 2.78 bits per heavy atom. The monoisotopic (exact) mass is 247 g/mol. The third kappa shape index (κ3) is 2.18. The molecule has 0 aromatic heterocycles. The molecular formula is C16H22FN. The average molecular weight is 247 g/mol. The minimum atomic E-state index is -0.133. The van der Waals surface area contributed by atoms with Gasteiger partial charge in [0.1, 0.15) is 5.82 Å². The molecular weight excluding hydrogens is 225 g/mol. The van der Waals surface area contributed by atoms with Gasteiger partial charge in [0.05, 0.1) is 0 Å². The normalized spacial score (nSPS) is 31.8. The number of halogens is 1. The first-order valence-electron chi connectivity index (χ1n) is 7.15. The van der Waals surface area contributed by atoms with Crippen LogP contribution in [0.4, 0.5) is 4.39 Å². The fourth-order valence-corrected chi connectivity index (χ4v) is 4.03. The van der Waals surface area contributed by atoms with Crippen LogP contribution >= 0.6 is 0 Å². The molecule has 2 aliphatic carbocycles. The summed E-state index contributed by atoms with van der Waals surface area (Å²) in [6.45, 7) is 1.81. The molecule has 0 aliphatic heterocycles. The van der Waals surface area contributed by atoms with Crippen molar-refractivity contribution in [2.45, 2.75) is 45.1 Å². The van der Waals surface area contributed by atoms with Crippen molar-refractivity contribution < 1.29 is 4.39 Å². The summed E-state index contributed by atoms with van der Waals surface area (Å²) in [5, 5.41) is 0. The fourth-order valence-electron chi connectivity index (χ4n) is 4.03. The fraction of sp³-hybridized carbons (Fsp3) is 0.625. The van der Waals surface area contributed by atoms with Crippen molar-refractivity contribution in [1.29, 1.82) is 0 Å². The van der Waals surface area contributed by atoms with E-state index < -0.39 is 0 Å². The maximum atomic E-state index is 13.2. The van der Waals surface area contributed by atoms with Crippen molar-refractivity contribution in [2.24, 2.45) is 23.5 Å². The Bertz CT molecular complexity index is 443. The Hall–Kier alpha value is -0.890. The summed E-state index contributed by atoms with van der Waals surface area (Å²) < 4.78 is 13.2. The molecule has 0 amide bonds. The van der Waals surface area contributed by atoms with Gasteiger partial charge in [-0.15, -0.1) is 0 Å². The van der Waals surface area contributed by atoms with Gasteiger partial charge in [-0.3, -0.25) is 0 Å². The molecule has 2 aliphatic rings. The first-order valence-corrected chi connectivity index (χ1v) is 7.15. The quantitative estimate of drug-likeness (QED) is 0.859. The Labute approximate surface area is 109 Å². The molecule has 0 heterocycles. The lowest BCUT2D eigenvalue weighted by Gasteiger charge is -2.25. The van der Waals surface area contributed by atoms with E-state index in [4.69, 9.17) is 5.73 Å². The van der Waals surface area contributed by atoms with Crippen LogP contribution < -0.4 is 5.73 Å². The highest BCUT2D eigenvalue weighted by Crippen LogP contribution is 2.50. The summed E-state index contributed by atoms with van der Waals surface area (Å²) in [4.78, 5) is 0. The van der Waals surface area contributed by atoms with Gasteiger partial charge < -0.3 is 5.73 Å². The van der Waals surface area contributed by atoms with Crippen LogP contribution in [0.15, 0.2) is 18.2 Å². The largest absolute Gasteiger partial charge is 0.324 e. The molecule has 2 bridgehead atoms. The molecule has 0 radical (unpaired) electrons. The third-order valence-corrected chi connectivity index (χ3v) is 5.05. The summed E-state index contributed by atoms with van der Waals surface area (Å²) in [7, 11) is 0. The molecule has 98 valence electrons. The summed E-state index contributed by atoms with van der Waals surface area (Å²) in [6.07, 6.45) is 6.72. The van der Waals surface area contributed by atoms with E-state index in [0.717, 1.165) is 29.7 Å². The van der Waals surface area contributed by atoms with E-state index in [1.165, 1.54) is 25.7 Å². The van der Waals surface area contributed by atoms with Gasteiger partial charge in [0.2, 0.25) is 0 Å². The molecule has 4 unspecified atom stereocenters. The summed E-state index contributed by atoms with van der Waals surface area (Å²) in [5.74, 6) is 2.57. The second-order valence-corrected chi connectivity index (χ2v) is 6.29. The molecule has 4 atom stereocenters. The van der Waals surface area contributed by atoms with Crippen LogP contribution in [0.2, 0.25) is 0 Å². The van der Waals surface area contributed by atoms with Crippen LogP contribution in [0.1, 0.15) is 49.3 Å². The van der Waals surface area contributed by atoms with Gasteiger partial charge in [-0.2, -0.15) is 0 Å². The van der Waals surface area contributed by atoms with Crippen molar-refractivity contribution in [2.75, 3.05) is 0 Å². The standard InChI is InChI=1S/C16H22FN/c1-10-6-13(4-5-15(10)17)16(18)9-14-8-11-2-3-12(14)7-11/h4-6,11-12,14,16H,2-3,7-9,18H2,1H3. The molecule has 2 saturated carbocycles. The minimum absolute atomic E-state index is 0.0775. The Balaban J connectivity index is 1.67. The van der Waals surface area contributed by atoms with E-state index in [9.17, 15) is 4.39 Å². The van der Waals surface area contributed by atoms with Crippen LogP contribution in [-0.2, 0) is 0 Å². The van der Waals surface area contributed by atoms with Gasteiger partial charge in [0, 0.05) is 6.04 Å². The highest BCUT2D eigenvalue weighted by Gasteiger charge is 2.39. The molecule has 2 fully saturated rings. The molecule has 3 rings (SSSR count). The third-order valence-electron chi connectivity index (χ3n) is 5.05. The maximum Gasteiger partial charge on any atom is 0.126 e. The zero-order chi connectivity index (χ0) is 12.7. The second kappa shape index (κ2) is 4.65. The van der Waals surface area contributed by atoms with E-state index in [1.807, 2.05) is 19.1 Å². The van der Waals surface area contributed by atoms with Gasteiger partial charge in [0.15, 0.2) is 0 Å². The van der Waals surface area contributed by atoms with Crippen molar-refractivity contribution in [3.05, 3.63) is 35.1 Å². The van der Waals surface area contributed by atoms with Crippen LogP contribution in [-0.4, -0.2) is 0 Å². The lowest BCUT2D eigenvalue weighted by Crippen LogP contribution is -2.19. The lowest BCUT2D eigenvalue weighted by atomic mass is 9.83. The molecule has 2 heteroatoms. The van der Waals surface area contributed by atoms with E-state index in [-0.39, 0.29) is 11.9 Å². The first-order chi connectivity index (χ1) is 8.63. The van der Waals surface area contributed by atoms with Gasteiger partial charge in [-0.1, -0.05) is 18.6 Å². The van der Waals surface area contributed by atoms with Gasteiger partial charge >= 0.3 is 0 Å². The van der Waals surface area contributed by atoms with Crippen LogP contribution in [0.5, 0.6) is 0 Å². The van der Waals surface area contributed by atoms with E-state index in [1.54, 1.807) is 6.07 Å². The van der Waals surface area contributed by atoms with Crippen LogP contribution in [0, 0.1) is 30.5 Å². The Morgan fingerprint density at radius 2 is 2.17 bits per heavy atom. The predicted octanol–water partition coefficient (Wildman–Crippen LogP) is 3.96. The zero-order valence-electron chi connectivity index (χ0n) is 11.0. The van der Waals surface area contributed by atoms with E-state index >= 15 is 0 Å². The molecule has 0 saturated heterocycles. The first kappa shape index (κ1) is 12.2. The van der Waals surface area contributed by atoms with Crippen LogP contribution in [0.25, 0.3) is 0 Å². The number of nitrogens with two attached hydrogens (primary N) is 1. The van der Waals surface area contributed by atoms with Crippen LogP contribution in [0.3, 0.4) is 0 Å². The molecule has 1 aromatic carbocycles. The lowest BCUT2D eigenvalue weighted by molar-refractivity contribution is 0.296. The number of hydrogen-bond donors (Lipinski definition) is 1. The SMILES string of the molecule is Cc1cc(C(N)CC2CC3CCC2C3)ccc1F. The highest BCUT2D eigenvalue weighted by atomic mass is 19.1. The van der Waals surface area contributed by atoms with Gasteiger partial charge in [-0.05, 0) is 67.6 Å². The average Bonchev–Trinajstić information content (AvgIpc) is 2.94. The minimum Gasteiger partial charge on any atom is -0.324 e. The Kier molecular flexibility index (Phi) is 3.14. The zero-order valence-corrected chi connectivity index (χ0v) is 11.0. The molecule has 0 spiro atoms. The summed E-state index contributed by atoms with van der Waals surface area (Å²) in [6, 6.07) is 5.38. The highest BCUT2D eigenvalue weighted by molar-refractivity contribution is 5.26. The molecule has 1 nitrogen and oxygen atoms in total.